The van der Waals surface area contributed by atoms with Crippen molar-refractivity contribution in [1.82, 2.24) is 9.97 Å². The summed E-state index contributed by atoms with van der Waals surface area (Å²) in [6.07, 6.45) is 2.60. The molecule has 0 bridgehead atoms. The zero-order valence-electron chi connectivity index (χ0n) is 31.9. The van der Waals surface area contributed by atoms with Crippen LogP contribution in [0.25, 0.3) is 10.8 Å². The van der Waals surface area contributed by atoms with Gasteiger partial charge in [-0.05, 0) is 120 Å². The summed E-state index contributed by atoms with van der Waals surface area (Å²) in [5.74, 6) is 6.94. The highest BCUT2D eigenvalue weighted by Crippen LogP contribution is 2.42. The number of ether oxygens (including phenoxy) is 1. The highest BCUT2D eigenvalue weighted by atomic mass is 32.2. The van der Waals surface area contributed by atoms with Crippen LogP contribution in [0.5, 0.6) is 0 Å². The second-order valence-corrected chi connectivity index (χ2v) is 23.7. The first-order valence-corrected chi connectivity index (χ1v) is 21.8. The number of carbonyl (C=O) groups excluding carboxylic acids is 2. The molecule has 274 valence electrons. The van der Waals surface area contributed by atoms with Crippen molar-refractivity contribution in [3.8, 4) is 11.8 Å². The average Bonchev–Trinajstić information content (AvgIpc) is 3.30. The van der Waals surface area contributed by atoms with Gasteiger partial charge in [0.2, 0.25) is 5.91 Å². The van der Waals surface area contributed by atoms with E-state index in [1.54, 1.807) is 71.3 Å². The topological polar surface area (TPSA) is 132 Å². The van der Waals surface area contributed by atoms with Crippen LogP contribution in [0.3, 0.4) is 0 Å². The van der Waals surface area contributed by atoms with E-state index in [1.807, 2.05) is 37.3 Å². The number of hydrogen-bond donors (Lipinski definition) is 2. The molecule has 2 atom stereocenters. The van der Waals surface area contributed by atoms with Gasteiger partial charge in [-0.25, -0.2) is 19.0 Å². The molecule has 2 aromatic heterocycles. The fourth-order valence-electron chi connectivity index (χ4n) is 5.34. The molecule has 1 aliphatic heterocycles. The maximum atomic E-state index is 13.8. The van der Waals surface area contributed by atoms with Gasteiger partial charge in [0.25, 0.3) is 0 Å². The lowest BCUT2D eigenvalue weighted by Gasteiger charge is -2.38. The molecular weight excluding hydrogens is 691 g/mol. The third-order valence-corrected chi connectivity index (χ3v) is 16.7. The molecule has 2 aromatic carbocycles. The Morgan fingerprint density at radius 1 is 1.02 bits per heavy atom. The predicted octanol–water partition coefficient (Wildman–Crippen LogP) is 9.18. The van der Waals surface area contributed by atoms with Crippen molar-refractivity contribution in [3.05, 3.63) is 83.8 Å². The van der Waals surface area contributed by atoms with Crippen LogP contribution in [0, 0.1) is 11.8 Å². The summed E-state index contributed by atoms with van der Waals surface area (Å²) < 4.78 is 29.6. The molecule has 2 unspecified atom stereocenters. The molecule has 12 heteroatoms. The van der Waals surface area contributed by atoms with E-state index in [-0.39, 0.29) is 10.9 Å². The van der Waals surface area contributed by atoms with Crippen LogP contribution in [0.1, 0.15) is 79.1 Å². The molecule has 0 aliphatic carbocycles. The minimum absolute atomic E-state index is 0.0393. The zero-order valence-corrected chi connectivity index (χ0v) is 33.7. The number of benzene rings is 2. The van der Waals surface area contributed by atoms with Gasteiger partial charge in [0.05, 0.1) is 21.8 Å². The summed E-state index contributed by atoms with van der Waals surface area (Å²) in [6.45, 7) is 22.0. The highest BCUT2D eigenvalue weighted by Gasteiger charge is 2.46. The van der Waals surface area contributed by atoms with Crippen molar-refractivity contribution >= 4 is 58.0 Å². The Labute approximate surface area is 308 Å². The van der Waals surface area contributed by atoms with E-state index in [9.17, 15) is 13.8 Å². The largest absolute Gasteiger partial charge is 0.442 e. The summed E-state index contributed by atoms with van der Waals surface area (Å²) in [7, 11) is -5.13. The molecule has 0 radical (unpaired) electrons. The first-order valence-electron chi connectivity index (χ1n) is 17.3. The Morgan fingerprint density at radius 2 is 1.71 bits per heavy atom. The number of amides is 2. The van der Waals surface area contributed by atoms with Crippen molar-refractivity contribution in [2.24, 2.45) is 4.36 Å². The molecular formula is C40H49N5O5SSi. The molecule has 1 aliphatic rings. The van der Waals surface area contributed by atoms with Gasteiger partial charge >= 0.3 is 6.09 Å². The van der Waals surface area contributed by atoms with Crippen molar-refractivity contribution in [3.63, 3.8) is 0 Å². The maximum absolute atomic E-state index is 13.8. The summed E-state index contributed by atoms with van der Waals surface area (Å²) in [5.41, 5.74) is 2.15. The quantitative estimate of drug-likeness (QED) is 0.142. The van der Waals surface area contributed by atoms with E-state index < -0.39 is 40.4 Å². The smallest absolute Gasteiger partial charge is 0.442 e. The number of nitrogens with one attached hydrogen (secondary N) is 2. The van der Waals surface area contributed by atoms with Crippen LogP contribution in [0.2, 0.25) is 18.1 Å². The zero-order chi connectivity index (χ0) is 38.3. The lowest BCUT2D eigenvalue weighted by atomic mass is 9.84. The minimum atomic E-state index is -3.08. The van der Waals surface area contributed by atoms with E-state index in [1.165, 1.54) is 0 Å². The third-order valence-electron chi connectivity index (χ3n) is 9.57. The van der Waals surface area contributed by atoms with E-state index in [0.717, 1.165) is 27.6 Å². The van der Waals surface area contributed by atoms with Gasteiger partial charge in [0.1, 0.15) is 17.1 Å². The highest BCUT2D eigenvalue weighted by molar-refractivity contribution is 7.94. The number of pyridine rings is 2. The molecule has 3 heterocycles. The van der Waals surface area contributed by atoms with Crippen molar-refractivity contribution < 1.29 is 23.0 Å². The predicted molar refractivity (Wildman–Crippen MR) is 211 cm³/mol. The SMILES string of the molecule is CC(C)S(=O)(=NC(=O)OC(C)(C)C)c1ccc(Nc2cc3c(C#Cc4ccc5c(c4)NC(=O)C5(C)CO[Si](C)(C)C(C)(C)C)nccc3cn2)cc1. The second-order valence-electron chi connectivity index (χ2n) is 16.1. The molecule has 0 fully saturated rings. The van der Waals surface area contributed by atoms with Crippen LogP contribution in [0.4, 0.5) is 22.0 Å². The number of nitrogens with zero attached hydrogens (tertiary/aromatic N) is 3. The summed E-state index contributed by atoms with van der Waals surface area (Å²) in [6, 6.07) is 16.5. The lowest BCUT2D eigenvalue weighted by molar-refractivity contribution is -0.121. The molecule has 0 saturated carbocycles. The lowest BCUT2D eigenvalue weighted by Crippen LogP contribution is -2.46. The minimum Gasteiger partial charge on any atom is -0.442 e. The molecule has 2 amide bonds. The van der Waals surface area contributed by atoms with Crippen molar-refractivity contribution in [2.45, 2.75) is 102 Å². The first-order chi connectivity index (χ1) is 24.1. The third kappa shape index (κ3) is 8.22. The second kappa shape index (κ2) is 14.1. The van der Waals surface area contributed by atoms with Gasteiger partial charge in [0.15, 0.2) is 8.32 Å². The number of rotatable bonds is 7. The Balaban J connectivity index is 1.37. The van der Waals surface area contributed by atoms with E-state index in [0.29, 0.717) is 28.7 Å². The van der Waals surface area contributed by atoms with E-state index in [4.69, 9.17) is 9.16 Å². The Hall–Kier alpha value is -4.57. The molecule has 0 saturated heterocycles. The summed E-state index contributed by atoms with van der Waals surface area (Å²) >= 11 is 0. The fourth-order valence-corrected chi connectivity index (χ4v) is 8.07. The maximum Gasteiger partial charge on any atom is 0.442 e. The molecule has 5 rings (SSSR count). The number of fused-ring (bicyclic) bond motifs is 2. The average molecular weight is 740 g/mol. The number of anilines is 3. The van der Waals surface area contributed by atoms with Gasteiger partial charge < -0.3 is 19.8 Å². The van der Waals surface area contributed by atoms with Gasteiger partial charge in [-0.2, -0.15) is 0 Å². The van der Waals surface area contributed by atoms with Crippen LogP contribution < -0.4 is 10.6 Å². The fraction of sp³-hybridized carbons (Fsp3) is 0.400. The number of carbonyl (C=O) groups is 2. The van der Waals surface area contributed by atoms with Gasteiger partial charge in [-0.3, -0.25) is 4.79 Å². The van der Waals surface area contributed by atoms with Crippen LogP contribution in [0.15, 0.2) is 76.2 Å². The number of aromatic nitrogens is 2. The van der Waals surface area contributed by atoms with Crippen molar-refractivity contribution in [1.29, 1.82) is 0 Å². The van der Waals surface area contributed by atoms with Crippen LogP contribution in [-0.4, -0.2) is 52.0 Å². The Kier molecular flexibility index (Phi) is 10.5. The summed E-state index contributed by atoms with van der Waals surface area (Å²) in [4.78, 5) is 35.2. The van der Waals surface area contributed by atoms with Crippen LogP contribution >= 0.6 is 0 Å². The van der Waals surface area contributed by atoms with E-state index >= 15 is 0 Å². The van der Waals surface area contributed by atoms with Crippen LogP contribution in [-0.2, 0) is 29.1 Å². The molecule has 4 aromatic rings. The standard InChI is InChI=1S/C40H49N5O5SSi/c1-26(2)51(48,45-37(47)50-38(3,4)5)30-16-14-29(15-17-30)43-35-23-31-28(24-42-35)20-21-41-33(31)19-13-27-12-18-32-34(22-27)44-36(46)40(32,9)25-49-52(10,11)39(6,7)8/h12,14-18,20-24,26H,25H2,1-11H3,(H,42,43)(H,44,46). The Bertz CT molecular complexity index is 2220. The molecule has 10 nitrogen and oxygen atoms in total. The molecule has 52 heavy (non-hydrogen) atoms. The van der Waals surface area contributed by atoms with Gasteiger partial charge in [-0.15, -0.1) is 4.36 Å². The van der Waals surface area contributed by atoms with Gasteiger partial charge in [-0.1, -0.05) is 32.8 Å². The first kappa shape index (κ1) is 38.7. The molecule has 2 N–H and O–H groups in total. The van der Waals surface area contributed by atoms with Crippen molar-refractivity contribution in [2.75, 3.05) is 17.2 Å². The summed E-state index contributed by atoms with van der Waals surface area (Å²) in [5, 5.41) is 7.65. The van der Waals surface area contributed by atoms with E-state index in [2.05, 4.69) is 70.7 Å². The number of hydrogen-bond acceptors (Lipinski definition) is 8. The molecule has 0 spiro atoms. The Morgan fingerprint density at radius 3 is 2.35 bits per heavy atom. The monoisotopic (exact) mass is 739 g/mol. The normalized spacial score (nSPS) is 17.1. The van der Waals surface area contributed by atoms with Gasteiger partial charge in [0, 0.05) is 50.2 Å².